The first-order valence-electron chi connectivity index (χ1n) is 9.48. The molecule has 0 atom stereocenters. The number of quaternary nitrogens is 1. The van der Waals surface area contributed by atoms with E-state index in [4.69, 9.17) is 5.11 Å². The highest BCUT2D eigenvalue weighted by atomic mass is 32.2. The molecular formula is C22H29NO4S. The largest absolute Gasteiger partial charge is 0.545 e. The molecule has 0 fully saturated rings. The lowest BCUT2D eigenvalue weighted by atomic mass is 10.2. The molecule has 0 amide bonds. The van der Waals surface area contributed by atoms with E-state index in [1.165, 1.54) is 66.7 Å². The van der Waals surface area contributed by atoms with E-state index in [1.807, 2.05) is 0 Å². The number of nitrogens with zero attached hydrogens (tertiary/aromatic N) is 1. The molecule has 0 unspecified atom stereocenters. The van der Waals surface area contributed by atoms with Gasteiger partial charge in [0.2, 0.25) is 0 Å². The summed E-state index contributed by atoms with van der Waals surface area (Å²) in [5.41, 5.74) is 0.363. The summed E-state index contributed by atoms with van der Waals surface area (Å²) < 4.78 is 1.28. The normalized spacial score (nSPS) is 10.7. The van der Waals surface area contributed by atoms with E-state index in [-0.39, 0.29) is 11.1 Å². The quantitative estimate of drug-likeness (QED) is 0.679. The fraction of sp³-hybridized carbons (Fsp3) is 0.364. The number of carbonyl (C=O) groups excluding carboxylic acids is 1. The fourth-order valence-corrected chi connectivity index (χ4v) is 3.62. The summed E-state index contributed by atoms with van der Waals surface area (Å²) in [6.07, 6.45) is 0. The second-order valence-corrected chi connectivity index (χ2v) is 7.50. The van der Waals surface area contributed by atoms with Crippen LogP contribution in [0, 0.1) is 0 Å². The molecule has 0 aliphatic carbocycles. The van der Waals surface area contributed by atoms with Crippen LogP contribution in [0.4, 0.5) is 0 Å². The van der Waals surface area contributed by atoms with E-state index < -0.39 is 11.9 Å². The third-order valence-electron chi connectivity index (χ3n) is 5.11. The summed E-state index contributed by atoms with van der Waals surface area (Å²) in [5, 5.41) is 19.4. The summed E-state index contributed by atoms with van der Waals surface area (Å²) in [6.45, 7) is 14.2. The monoisotopic (exact) mass is 403 g/mol. The first-order valence-corrected chi connectivity index (χ1v) is 10.3. The Balaban J connectivity index is 0.000000370. The van der Waals surface area contributed by atoms with Gasteiger partial charge in [-0.3, -0.25) is 0 Å². The standard InChI is InChI=1S/C14H10O4S.C8H20N/c15-13(16)9-1-5-11(6-2-9)19-12-7-3-10(4-8-12)14(17)18;1-5-9(6-2,7-3)8-4/h1-8H,(H,15,16)(H,17,18);5-8H2,1-4H3/q;+1/p-1. The van der Waals surface area contributed by atoms with Gasteiger partial charge in [0.1, 0.15) is 0 Å². The molecule has 0 aliphatic rings. The fourth-order valence-electron chi connectivity index (χ4n) is 2.80. The van der Waals surface area contributed by atoms with Gasteiger partial charge in [0.15, 0.2) is 0 Å². The lowest BCUT2D eigenvalue weighted by Crippen LogP contribution is -2.47. The van der Waals surface area contributed by atoms with Crippen molar-refractivity contribution in [2.45, 2.75) is 37.5 Å². The zero-order valence-electron chi connectivity index (χ0n) is 17.0. The molecule has 5 nitrogen and oxygen atoms in total. The summed E-state index contributed by atoms with van der Waals surface area (Å²) in [6, 6.07) is 12.8. The third-order valence-corrected chi connectivity index (χ3v) is 6.13. The topological polar surface area (TPSA) is 77.4 Å². The van der Waals surface area contributed by atoms with E-state index >= 15 is 0 Å². The van der Waals surface area contributed by atoms with Crippen LogP contribution in [-0.2, 0) is 0 Å². The molecule has 0 aliphatic heterocycles. The van der Waals surface area contributed by atoms with E-state index in [2.05, 4.69) is 27.7 Å². The maximum atomic E-state index is 10.7. The summed E-state index contributed by atoms with van der Waals surface area (Å²) >= 11 is 1.42. The predicted molar refractivity (Wildman–Crippen MR) is 111 cm³/mol. The minimum absolute atomic E-state index is 0.130. The van der Waals surface area contributed by atoms with Crippen molar-refractivity contribution in [1.29, 1.82) is 0 Å². The molecular weight excluding hydrogens is 374 g/mol. The summed E-state index contributed by atoms with van der Waals surface area (Å²) in [7, 11) is 0. The van der Waals surface area contributed by atoms with Crippen LogP contribution in [0.1, 0.15) is 48.4 Å². The SMILES string of the molecule is CC[N+](CC)(CC)CC.O=C([O-])c1ccc(Sc2ccc(C(=O)O)cc2)cc1. The van der Waals surface area contributed by atoms with Gasteiger partial charge in [0.05, 0.1) is 37.7 Å². The smallest absolute Gasteiger partial charge is 0.335 e. The van der Waals surface area contributed by atoms with Crippen LogP contribution in [0.15, 0.2) is 58.3 Å². The number of benzene rings is 2. The molecule has 152 valence electrons. The minimum Gasteiger partial charge on any atom is -0.545 e. The van der Waals surface area contributed by atoms with Crippen molar-refractivity contribution in [3.05, 3.63) is 59.7 Å². The number of aromatic carboxylic acids is 2. The van der Waals surface area contributed by atoms with Gasteiger partial charge in [-0.1, -0.05) is 23.9 Å². The summed E-state index contributed by atoms with van der Waals surface area (Å²) in [4.78, 5) is 23.1. The van der Waals surface area contributed by atoms with E-state index in [9.17, 15) is 14.7 Å². The highest BCUT2D eigenvalue weighted by Gasteiger charge is 2.16. The second kappa shape index (κ2) is 11.5. The lowest BCUT2D eigenvalue weighted by molar-refractivity contribution is -0.921. The molecule has 0 saturated carbocycles. The lowest BCUT2D eigenvalue weighted by Gasteiger charge is -2.34. The van der Waals surface area contributed by atoms with E-state index in [1.54, 1.807) is 24.3 Å². The Morgan fingerprint density at radius 3 is 1.39 bits per heavy atom. The third kappa shape index (κ3) is 7.02. The van der Waals surface area contributed by atoms with Crippen LogP contribution in [0.3, 0.4) is 0 Å². The molecule has 0 aromatic heterocycles. The van der Waals surface area contributed by atoms with Crippen LogP contribution in [0.25, 0.3) is 0 Å². The molecule has 28 heavy (non-hydrogen) atoms. The Morgan fingerprint density at radius 2 is 1.14 bits per heavy atom. The first kappa shape index (κ1) is 23.7. The molecule has 6 heteroatoms. The van der Waals surface area contributed by atoms with Crippen molar-refractivity contribution in [3.8, 4) is 0 Å². The molecule has 2 aromatic rings. The highest BCUT2D eigenvalue weighted by Crippen LogP contribution is 2.27. The van der Waals surface area contributed by atoms with Crippen LogP contribution < -0.4 is 5.11 Å². The van der Waals surface area contributed by atoms with Crippen LogP contribution in [-0.4, -0.2) is 47.7 Å². The molecule has 0 radical (unpaired) electrons. The number of rotatable bonds is 8. The predicted octanol–water partition coefficient (Wildman–Crippen LogP) is 3.78. The Hall–Kier alpha value is -2.31. The molecule has 2 aromatic carbocycles. The molecule has 0 saturated heterocycles. The van der Waals surface area contributed by atoms with E-state index in [0.717, 1.165) is 9.79 Å². The Bertz CT molecular complexity index is 680. The number of carboxylic acids is 2. The Labute approximate surface area is 171 Å². The van der Waals surface area contributed by atoms with Gasteiger partial charge in [0, 0.05) is 9.79 Å². The first-order chi connectivity index (χ1) is 13.3. The number of carbonyl (C=O) groups is 2. The highest BCUT2D eigenvalue weighted by molar-refractivity contribution is 7.99. The van der Waals surface area contributed by atoms with Gasteiger partial charge < -0.3 is 19.5 Å². The van der Waals surface area contributed by atoms with E-state index in [0.29, 0.717) is 0 Å². The number of hydrogen-bond acceptors (Lipinski definition) is 4. The molecule has 0 spiro atoms. The van der Waals surface area contributed by atoms with Crippen LogP contribution in [0.5, 0.6) is 0 Å². The number of hydrogen-bond donors (Lipinski definition) is 1. The van der Waals surface area contributed by atoms with Crippen LogP contribution in [0.2, 0.25) is 0 Å². The van der Waals surface area contributed by atoms with Gasteiger partial charge >= 0.3 is 5.97 Å². The van der Waals surface area contributed by atoms with Crippen molar-refractivity contribution >= 4 is 23.7 Å². The van der Waals surface area contributed by atoms with Crippen molar-refractivity contribution < 1.29 is 24.3 Å². The molecule has 2 rings (SSSR count). The molecule has 1 N–H and O–H groups in total. The molecule has 0 bridgehead atoms. The zero-order chi connectivity index (χ0) is 21.2. The minimum atomic E-state index is -1.21. The van der Waals surface area contributed by atoms with Crippen molar-refractivity contribution in [2.75, 3.05) is 26.2 Å². The van der Waals surface area contributed by atoms with Gasteiger partial charge in [-0.05, 0) is 69.7 Å². The average Bonchev–Trinajstić information content (AvgIpc) is 2.71. The van der Waals surface area contributed by atoms with Gasteiger partial charge in [-0.15, -0.1) is 0 Å². The van der Waals surface area contributed by atoms with Gasteiger partial charge in [-0.25, -0.2) is 4.79 Å². The maximum Gasteiger partial charge on any atom is 0.335 e. The zero-order valence-corrected chi connectivity index (χ0v) is 17.8. The average molecular weight is 404 g/mol. The second-order valence-electron chi connectivity index (χ2n) is 6.35. The van der Waals surface area contributed by atoms with Crippen molar-refractivity contribution in [3.63, 3.8) is 0 Å². The summed E-state index contributed by atoms with van der Waals surface area (Å²) in [5.74, 6) is -2.17. The van der Waals surface area contributed by atoms with Crippen molar-refractivity contribution in [1.82, 2.24) is 0 Å². The maximum absolute atomic E-state index is 10.7. The number of carboxylic acid groups (broad SMARTS) is 2. The van der Waals surface area contributed by atoms with Gasteiger partial charge in [-0.2, -0.15) is 0 Å². The van der Waals surface area contributed by atoms with Crippen molar-refractivity contribution in [2.24, 2.45) is 0 Å². The Kier molecular flexibility index (Phi) is 9.76. The van der Waals surface area contributed by atoms with Crippen LogP contribution >= 0.6 is 11.8 Å². The Morgan fingerprint density at radius 1 is 0.786 bits per heavy atom. The molecule has 0 heterocycles. The van der Waals surface area contributed by atoms with Gasteiger partial charge in [0.25, 0.3) is 0 Å².